The van der Waals surface area contributed by atoms with E-state index >= 15 is 0 Å². The zero-order valence-corrected chi connectivity index (χ0v) is 17.3. The highest BCUT2D eigenvalue weighted by Crippen LogP contribution is 2.21. The third-order valence-corrected chi connectivity index (χ3v) is 5.71. The van der Waals surface area contributed by atoms with Gasteiger partial charge in [0.15, 0.2) is 0 Å². The van der Waals surface area contributed by atoms with E-state index in [0.29, 0.717) is 18.7 Å². The molecule has 6 heteroatoms. The lowest BCUT2D eigenvalue weighted by Gasteiger charge is -2.23. The molecule has 2 aromatic rings. The lowest BCUT2D eigenvalue weighted by atomic mass is 10.1. The number of benzene rings is 2. The van der Waals surface area contributed by atoms with Crippen molar-refractivity contribution in [2.24, 2.45) is 0 Å². The van der Waals surface area contributed by atoms with E-state index in [1.807, 2.05) is 57.2 Å². The Labute approximate surface area is 162 Å². The van der Waals surface area contributed by atoms with Crippen LogP contribution in [0.15, 0.2) is 42.5 Å². The minimum absolute atomic E-state index is 0.0787. The lowest BCUT2D eigenvalue weighted by molar-refractivity contribution is -0.121. The number of hydrogen-bond donors (Lipinski definition) is 1. The molecule has 0 unspecified atom stereocenters. The fraction of sp³-hybridized carbons (Fsp3) is 0.381. The first-order valence-electron chi connectivity index (χ1n) is 9.04. The van der Waals surface area contributed by atoms with Crippen LogP contribution in [0, 0.1) is 20.8 Å². The van der Waals surface area contributed by atoms with Crippen LogP contribution < -0.4 is 9.62 Å². The summed E-state index contributed by atoms with van der Waals surface area (Å²) in [5, 5.41) is 2.89. The molecule has 0 spiro atoms. The summed E-state index contributed by atoms with van der Waals surface area (Å²) in [5.41, 5.74) is 5.00. The summed E-state index contributed by atoms with van der Waals surface area (Å²) in [6.07, 6.45) is 1.93. The summed E-state index contributed by atoms with van der Waals surface area (Å²) in [6, 6.07) is 13.6. The quantitative estimate of drug-likeness (QED) is 0.753. The molecule has 0 aliphatic heterocycles. The third kappa shape index (κ3) is 6.40. The molecule has 0 atom stereocenters. The maximum Gasteiger partial charge on any atom is 0.232 e. The van der Waals surface area contributed by atoms with Crippen molar-refractivity contribution in [3.63, 3.8) is 0 Å². The predicted octanol–water partition coefficient (Wildman–Crippen LogP) is 3.47. The summed E-state index contributed by atoms with van der Waals surface area (Å²) < 4.78 is 25.7. The zero-order chi connectivity index (χ0) is 20.0. The molecule has 0 fully saturated rings. The average molecular weight is 389 g/mol. The number of hydrogen-bond acceptors (Lipinski definition) is 3. The Morgan fingerprint density at radius 2 is 1.78 bits per heavy atom. The van der Waals surface area contributed by atoms with Crippen molar-refractivity contribution < 1.29 is 13.2 Å². The van der Waals surface area contributed by atoms with Gasteiger partial charge in [0.05, 0.1) is 11.9 Å². The second-order valence-electron chi connectivity index (χ2n) is 6.97. The summed E-state index contributed by atoms with van der Waals surface area (Å²) in [6.45, 7) is 6.71. The number of aryl methyl sites for hydroxylation is 3. The molecular weight excluding hydrogens is 360 g/mol. The van der Waals surface area contributed by atoms with E-state index in [9.17, 15) is 13.2 Å². The Bertz CT molecular complexity index is 907. The van der Waals surface area contributed by atoms with E-state index in [2.05, 4.69) is 5.32 Å². The van der Waals surface area contributed by atoms with Gasteiger partial charge < -0.3 is 5.32 Å². The second-order valence-corrected chi connectivity index (χ2v) is 8.88. The molecule has 2 aromatic carbocycles. The number of sulfonamides is 1. The van der Waals surface area contributed by atoms with Crippen molar-refractivity contribution in [1.82, 2.24) is 5.32 Å². The van der Waals surface area contributed by atoms with Crippen LogP contribution in [0.4, 0.5) is 5.69 Å². The van der Waals surface area contributed by atoms with Crippen LogP contribution >= 0.6 is 0 Å². The Morgan fingerprint density at radius 1 is 1.04 bits per heavy atom. The molecule has 0 aliphatic rings. The number of amides is 1. The zero-order valence-electron chi connectivity index (χ0n) is 16.5. The summed E-state index contributed by atoms with van der Waals surface area (Å²) in [5.74, 6) is -0.0787. The smallest absolute Gasteiger partial charge is 0.232 e. The topological polar surface area (TPSA) is 66.5 Å². The fourth-order valence-corrected chi connectivity index (χ4v) is 3.82. The van der Waals surface area contributed by atoms with Crippen molar-refractivity contribution in [3.8, 4) is 0 Å². The molecule has 0 aromatic heterocycles. The van der Waals surface area contributed by atoms with Gasteiger partial charge in [0, 0.05) is 19.5 Å². The van der Waals surface area contributed by atoms with Gasteiger partial charge in [0.1, 0.15) is 0 Å². The molecule has 5 nitrogen and oxygen atoms in total. The van der Waals surface area contributed by atoms with Gasteiger partial charge in [0.2, 0.25) is 15.9 Å². The Morgan fingerprint density at radius 3 is 2.41 bits per heavy atom. The van der Waals surface area contributed by atoms with Gasteiger partial charge in [-0.2, -0.15) is 0 Å². The van der Waals surface area contributed by atoms with E-state index in [-0.39, 0.29) is 18.9 Å². The number of carbonyl (C=O) groups excluding carboxylic acids is 1. The number of rotatable bonds is 8. The normalized spacial score (nSPS) is 11.3. The molecule has 0 saturated heterocycles. The minimum atomic E-state index is -3.40. The van der Waals surface area contributed by atoms with Gasteiger partial charge in [-0.05, 0) is 56.0 Å². The summed E-state index contributed by atoms with van der Waals surface area (Å²) in [4.78, 5) is 12.1. The van der Waals surface area contributed by atoms with Gasteiger partial charge in [-0.15, -0.1) is 0 Å². The van der Waals surface area contributed by atoms with Crippen LogP contribution in [0.25, 0.3) is 0 Å². The molecule has 27 heavy (non-hydrogen) atoms. The first kappa shape index (κ1) is 21.0. The van der Waals surface area contributed by atoms with Gasteiger partial charge in [-0.3, -0.25) is 9.10 Å². The number of nitrogens with one attached hydrogen (secondary N) is 1. The SMILES string of the molecule is Cc1cccc(CNC(=O)CCCN(c2ccc(C)c(C)c2)S(C)(=O)=O)c1. The van der Waals surface area contributed by atoms with Gasteiger partial charge >= 0.3 is 0 Å². The predicted molar refractivity (Wildman–Crippen MR) is 110 cm³/mol. The monoisotopic (exact) mass is 388 g/mol. The Hall–Kier alpha value is -2.34. The largest absolute Gasteiger partial charge is 0.352 e. The highest BCUT2D eigenvalue weighted by atomic mass is 32.2. The molecule has 146 valence electrons. The number of anilines is 1. The van der Waals surface area contributed by atoms with Crippen LogP contribution in [-0.4, -0.2) is 27.1 Å². The molecular formula is C21H28N2O3S. The average Bonchev–Trinajstić information content (AvgIpc) is 2.58. The van der Waals surface area contributed by atoms with Crippen LogP contribution in [0.3, 0.4) is 0 Å². The van der Waals surface area contributed by atoms with E-state index in [1.165, 1.54) is 10.6 Å². The maximum absolute atomic E-state index is 12.2. The van der Waals surface area contributed by atoms with Crippen LogP contribution in [0.5, 0.6) is 0 Å². The molecule has 0 bridgehead atoms. The molecule has 0 heterocycles. The number of carbonyl (C=O) groups is 1. The second kappa shape index (κ2) is 9.04. The first-order valence-corrected chi connectivity index (χ1v) is 10.9. The van der Waals surface area contributed by atoms with Crippen molar-refractivity contribution >= 4 is 21.6 Å². The van der Waals surface area contributed by atoms with Gasteiger partial charge in [-0.25, -0.2) is 8.42 Å². The Balaban J connectivity index is 1.91. The Kier molecular flexibility index (Phi) is 7.02. The lowest BCUT2D eigenvalue weighted by Crippen LogP contribution is -2.32. The maximum atomic E-state index is 12.2. The molecule has 2 rings (SSSR count). The minimum Gasteiger partial charge on any atom is -0.352 e. The van der Waals surface area contributed by atoms with Gasteiger partial charge in [-0.1, -0.05) is 35.9 Å². The van der Waals surface area contributed by atoms with Gasteiger partial charge in [0.25, 0.3) is 0 Å². The van der Waals surface area contributed by atoms with E-state index in [4.69, 9.17) is 0 Å². The molecule has 0 saturated carbocycles. The number of nitrogens with zero attached hydrogens (tertiary/aromatic N) is 1. The van der Waals surface area contributed by atoms with Crippen molar-refractivity contribution in [3.05, 3.63) is 64.7 Å². The molecule has 0 radical (unpaired) electrons. The van der Waals surface area contributed by atoms with Crippen molar-refractivity contribution in [1.29, 1.82) is 0 Å². The van der Waals surface area contributed by atoms with E-state index < -0.39 is 10.0 Å². The van der Waals surface area contributed by atoms with E-state index in [1.54, 1.807) is 6.07 Å². The highest BCUT2D eigenvalue weighted by Gasteiger charge is 2.18. The van der Waals surface area contributed by atoms with Crippen molar-refractivity contribution in [2.75, 3.05) is 17.1 Å². The van der Waals surface area contributed by atoms with Crippen LogP contribution in [-0.2, 0) is 21.4 Å². The molecule has 1 N–H and O–H groups in total. The summed E-state index contributed by atoms with van der Waals surface area (Å²) >= 11 is 0. The van der Waals surface area contributed by atoms with Crippen LogP contribution in [0.1, 0.15) is 35.1 Å². The molecule has 1 amide bonds. The van der Waals surface area contributed by atoms with Crippen LogP contribution in [0.2, 0.25) is 0 Å². The first-order chi connectivity index (χ1) is 12.7. The van der Waals surface area contributed by atoms with E-state index in [0.717, 1.165) is 22.3 Å². The van der Waals surface area contributed by atoms with Crippen molar-refractivity contribution in [2.45, 2.75) is 40.2 Å². The highest BCUT2D eigenvalue weighted by molar-refractivity contribution is 7.92. The molecule has 0 aliphatic carbocycles. The summed E-state index contributed by atoms with van der Waals surface area (Å²) in [7, 11) is -3.40. The third-order valence-electron chi connectivity index (χ3n) is 4.52. The standard InChI is InChI=1S/C21H28N2O3S/c1-16-7-5-8-19(13-16)15-22-21(24)9-6-12-23(27(4,25)26)20-11-10-17(2)18(3)14-20/h5,7-8,10-11,13-14H,6,9,12,15H2,1-4H3,(H,22,24). The fourth-order valence-electron chi connectivity index (χ4n) is 2.86.